The number of aromatic amines is 1. The summed E-state index contributed by atoms with van der Waals surface area (Å²) < 4.78 is 3.25. The second kappa shape index (κ2) is 13.4. The lowest BCUT2D eigenvalue weighted by Crippen LogP contribution is -2.52. The zero-order chi connectivity index (χ0) is 29.8. The fourth-order valence-electron chi connectivity index (χ4n) is 6.92. The van der Waals surface area contributed by atoms with Gasteiger partial charge in [-0.15, -0.1) is 0 Å². The number of amides is 1. The van der Waals surface area contributed by atoms with Crippen molar-refractivity contribution in [3.05, 3.63) is 56.7 Å². The van der Waals surface area contributed by atoms with Crippen LogP contribution in [-0.4, -0.2) is 68.1 Å². The molecule has 0 spiro atoms. The van der Waals surface area contributed by atoms with Gasteiger partial charge in [-0.2, -0.15) is 0 Å². The van der Waals surface area contributed by atoms with Crippen LogP contribution in [0.3, 0.4) is 0 Å². The first kappa shape index (κ1) is 29.6. The molecule has 2 saturated carbocycles. The highest BCUT2D eigenvalue weighted by Gasteiger charge is 2.24. The minimum atomic E-state index is -0.268. The molecule has 230 valence electrons. The average Bonchev–Trinajstić information content (AvgIpc) is 3.48. The van der Waals surface area contributed by atoms with Gasteiger partial charge < -0.3 is 9.88 Å². The first-order valence-electron chi connectivity index (χ1n) is 16.2. The Balaban J connectivity index is 1.24. The molecule has 1 amide bonds. The molecule has 2 aliphatic carbocycles. The van der Waals surface area contributed by atoms with Crippen molar-refractivity contribution < 1.29 is 4.79 Å². The Morgan fingerprint density at radius 3 is 2.12 bits per heavy atom. The van der Waals surface area contributed by atoms with Crippen LogP contribution in [-0.2, 0) is 17.9 Å². The van der Waals surface area contributed by atoms with E-state index in [1.807, 2.05) is 29.3 Å². The third-order valence-corrected chi connectivity index (χ3v) is 9.58. The van der Waals surface area contributed by atoms with Gasteiger partial charge in [-0.05, 0) is 56.2 Å². The van der Waals surface area contributed by atoms with Crippen molar-refractivity contribution in [2.45, 2.75) is 77.3 Å². The minimum absolute atomic E-state index is 0.147. The minimum Gasteiger partial charge on any atom is -0.332 e. The van der Waals surface area contributed by atoms with Crippen LogP contribution in [0.2, 0.25) is 0 Å². The zero-order valence-electron chi connectivity index (χ0n) is 25.4. The number of rotatable bonds is 8. The number of hydrazine groups is 1. The highest BCUT2D eigenvalue weighted by atomic mass is 16.2. The third kappa shape index (κ3) is 7.02. The molecule has 3 heterocycles. The summed E-state index contributed by atoms with van der Waals surface area (Å²) in [5, 5.41) is 1.95. The maximum Gasteiger partial charge on any atom is 0.332 e. The lowest BCUT2D eigenvalue weighted by atomic mass is 9.89. The predicted molar refractivity (Wildman–Crippen MR) is 169 cm³/mol. The van der Waals surface area contributed by atoms with Crippen molar-refractivity contribution in [1.82, 2.24) is 34.4 Å². The highest BCUT2D eigenvalue weighted by molar-refractivity contribution is 5.91. The van der Waals surface area contributed by atoms with Gasteiger partial charge >= 0.3 is 5.69 Å². The number of carbonyl (C=O) groups excluding carboxylic acids is 1. The molecule has 2 aromatic heterocycles. The van der Waals surface area contributed by atoms with Gasteiger partial charge in [0.1, 0.15) is 11.3 Å². The molecule has 0 unspecified atom stereocenters. The normalized spacial score (nSPS) is 19.8. The molecule has 2 N–H and O–H groups in total. The Kier molecular flexibility index (Phi) is 9.23. The van der Waals surface area contributed by atoms with Crippen molar-refractivity contribution >= 4 is 23.1 Å². The van der Waals surface area contributed by atoms with E-state index in [2.05, 4.69) is 22.4 Å². The first-order valence-corrected chi connectivity index (χ1v) is 16.2. The van der Waals surface area contributed by atoms with Crippen LogP contribution in [0.4, 0.5) is 0 Å². The van der Waals surface area contributed by atoms with E-state index in [0.717, 1.165) is 75.8 Å². The van der Waals surface area contributed by atoms with Gasteiger partial charge in [-0.1, -0.05) is 62.8 Å². The molecule has 3 aliphatic rings. The first-order chi connectivity index (χ1) is 20.9. The fraction of sp³-hybridized carbons (Fsp3) is 0.576. The van der Waals surface area contributed by atoms with Gasteiger partial charge in [0.25, 0.3) is 11.5 Å². The summed E-state index contributed by atoms with van der Waals surface area (Å²) in [4.78, 5) is 50.3. The summed E-state index contributed by atoms with van der Waals surface area (Å²) in [7, 11) is 2.08. The molecule has 3 fully saturated rings. The maximum atomic E-state index is 13.8. The highest BCUT2D eigenvalue weighted by Crippen LogP contribution is 2.27. The van der Waals surface area contributed by atoms with Crippen molar-refractivity contribution in [3.8, 4) is 11.4 Å². The largest absolute Gasteiger partial charge is 0.332 e. The summed E-state index contributed by atoms with van der Waals surface area (Å²) in [6, 6.07) is 7.72. The van der Waals surface area contributed by atoms with E-state index in [4.69, 9.17) is 4.98 Å². The van der Waals surface area contributed by atoms with Crippen molar-refractivity contribution in [3.63, 3.8) is 0 Å². The van der Waals surface area contributed by atoms with Crippen LogP contribution in [0.5, 0.6) is 0 Å². The molecule has 0 radical (unpaired) electrons. The van der Waals surface area contributed by atoms with Crippen LogP contribution in [0.1, 0.15) is 69.8 Å². The summed E-state index contributed by atoms with van der Waals surface area (Å²) in [5.41, 5.74) is 5.03. The van der Waals surface area contributed by atoms with E-state index in [9.17, 15) is 14.4 Å². The molecule has 1 aromatic carbocycles. The summed E-state index contributed by atoms with van der Waals surface area (Å²) in [6.45, 7) is 4.56. The molecule has 10 nitrogen and oxygen atoms in total. The summed E-state index contributed by atoms with van der Waals surface area (Å²) in [5.74, 6) is 1.22. The number of aromatic nitrogens is 4. The van der Waals surface area contributed by atoms with Crippen LogP contribution < -0.4 is 16.7 Å². The van der Waals surface area contributed by atoms with Gasteiger partial charge in [0.05, 0.1) is 0 Å². The van der Waals surface area contributed by atoms with Gasteiger partial charge in [0.15, 0.2) is 5.65 Å². The van der Waals surface area contributed by atoms with Gasteiger partial charge in [0.2, 0.25) is 0 Å². The van der Waals surface area contributed by atoms with E-state index in [-0.39, 0.29) is 17.2 Å². The number of likely N-dealkylation sites (N-methyl/N-ethyl adjacent to an activating group) is 1. The van der Waals surface area contributed by atoms with E-state index in [1.165, 1.54) is 30.3 Å². The molecule has 43 heavy (non-hydrogen) atoms. The zero-order valence-corrected chi connectivity index (χ0v) is 25.4. The predicted octanol–water partition coefficient (Wildman–Crippen LogP) is 4.01. The SMILES string of the molecule is CN1CCN(NC(=O)/C=C/c2ccc(-c3nc4c([nH]3)c(=O)n(CC3CCCCC3)c(=O)n4CC3CCCCC3)cc2)CC1. The second-order valence-electron chi connectivity index (χ2n) is 12.8. The molecule has 0 bridgehead atoms. The number of benzene rings is 1. The topological polar surface area (TPSA) is 108 Å². The number of imidazole rings is 1. The lowest BCUT2D eigenvalue weighted by molar-refractivity contribution is -0.121. The number of nitrogens with zero attached hydrogens (tertiary/aromatic N) is 5. The van der Waals surface area contributed by atoms with Gasteiger partial charge in [-0.3, -0.25) is 24.1 Å². The Labute approximate surface area is 252 Å². The number of hydrogen-bond acceptors (Lipinski definition) is 6. The summed E-state index contributed by atoms with van der Waals surface area (Å²) in [6.07, 6.45) is 14.9. The summed E-state index contributed by atoms with van der Waals surface area (Å²) >= 11 is 0. The smallest absolute Gasteiger partial charge is 0.332 e. The van der Waals surface area contributed by atoms with Gasteiger partial charge in [-0.25, -0.2) is 14.8 Å². The number of nitrogens with one attached hydrogen (secondary N) is 2. The molecule has 1 aliphatic heterocycles. The quantitative estimate of drug-likeness (QED) is 0.386. The molecule has 10 heteroatoms. The van der Waals surface area contributed by atoms with E-state index in [0.29, 0.717) is 41.9 Å². The molecular weight excluding hydrogens is 542 g/mol. The molecular formula is C33H45N7O3. The van der Waals surface area contributed by atoms with Crippen molar-refractivity contribution in [1.29, 1.82) is 0 Å². The van der Waals surface area contributed by atoms with Crippen LogP contribution >= 0.6 is 0 Å². The number of H-pyrrole nitrogens is 1. The Hall–Kier alpha value is -3.50. The Morgan fingerprint density at radius 1 is 0.884 bits per heavy atom. The Morgan fingerprint density at radius 2 is 1.49 bits per heavy atom. The van der Waals surface area contributed by atoms with Crippen molar-refractivity contribution in [2.24, 2.45) is 11.8 Å². The van der Waals surface area contributed by atoms with Crippen LogP contribution in [0.15, 0.2) is 39.9 Å². The van der Waals surface area contributed by atoms with Gasteiger partial charge in [0, 0.05) is 50.9 Å². The molecule has 6 rings (SSSR count). The number of piperazine rings is 1. The fourth-order valence-corrected chi connectivity index (χ4v) is 6.92. The lowest BCUT2D eigenvalue weighted by Gasteiger charge is -2.31. The van der Waals surface area contributed by atoms with Crippen LogP contribution in [0, 0.1) is 11.8 Å². The molecule has 0 atom stereocenters. The van der Waals surface area contributed by atoms with E-state index in [1.54, 1.807) is 16.7 Å². The van der Waals surface area contributed by atoms with Crippen LogP contribution in [0.25, 0.3) is 28.6 Å². The monoisotopic (exact) mass is 587 g/mol. The number of hydrogen-bond donors (Lipinski definition) is 2. The Bertz CT molecular complexity index is 1550. The second-order valence-corrected chi connectivity index (χ2v) is 12.8. The van der Waals surface area contributed by atoms with Crippen molar-refractivity contribution in [2.75, 3.05) is 33.2 Å². The standard InChI is InChI=1S/C33H45N7O3/c1-37-18-20-38(21-19-37)36-28(41)17-14-24-12-15-27(16-13-24)30-34-29-31(35-30)39(22-25-8-4-2-5-9-25)33(43)40(32(29)42)23-26-10-6-3-7-11-26/h12-17,25-26H,2-11,18-23H2,1H3,(H,34,35)(H,36,41)/b17-14+. The average molecular weight is 588 g/mol. The number of fused-ring (bicyclic) bond motifs is 1. The molecule has 1 saturated heterocycles. The number of carbonyl (C=O) groups is 1. The molecule has 3 aromatic rings. The van der Waals surface area contributed by atoms with E-state index < -0.39 is 0 Å². The van der Waals surface area contributed by atoms with E-state index >= 15 is 0 Å². The third-order valence-electron chi connectivity index (χ3n) is 9.58. The maximum absolute atomic E-state index is 13.8.